The van der Waals surface area contributed by atoms with Crippen LogP contribution in [0.25, 0.3) is 0 Å². The number of aromatic nitrogens is 4. The van der Waals surface area contributed by atoms with Crippen LogP contribution in [0.1, 0.15) is 24.2 Å². The normalized spacial score (nSPS) is 12.0. The Kier molecular flexibility index (Phi) is 5.22. The number of amides is 1. The lowest BCUT2D eigenvalue weighted by Crippen LogP contribution is -2.25. The molecule has 1 amide bonds. The fourth-order valence-electron chi connectivity index (χ4n) is 2.68. The molecule has 0 spiro atoms. The van der Waals surface area contributed by atoms with Gasteiger partial charge in [-0.25, -0.2) is 0 Å². The Labute approximate surface area is 159 Å². The Hall–Kier alpha value is -3.20. The molecule has 0 saturated heterocycles. The van der Waals surface area contributed by atoms with Gasteiger partial charge in [0.1, 0.15) is 17.9 Å². The molecule has 0 aliphatic heterocycles. The van der Waals surface area contributed by atoms with Crippen molar-refractivity contribution in [3.05, 3.63) is 69.3 Å². The molecule has 2 heterocycles. The maximum Gasteiger partial charge on any atom is 0.309 e. The van der Waals surface area contributed by atoms with E-state index in [1.165, 1.54) is 10.9 Å². The number of nitrogens with zero attached hydrogens (tertiary/aromatic N) is 5. The quantitative estimate of drug-likeness (QED) is 0.515. The highest BCUT2D eigenvalue weighted by Gasteiger charge is 2.24. The summed E-state index contributed by atoms with van der Waals surface area (Å²) in [6.45, 7) is 3.68. The van der Waals surface area contributed by atoms with E-state index in [2.05, 4.69) is 15.5 Å². The van der Waals surface area contributed by atoms with Gasteiger partial charge in [0.2, 0.25) is 5.91 Å². The van der Waals surface area contributed by atoms with Crippen molar-refractivity contribution in [1.82, 2.24) is 19.6 Å². The number of anilines is 1. The van der Waals surface area contributed by atoms with Gasteiger partial charge in [-0.1, -0.05) is 23.7 Å². The van der Waals surface area contributed by atoms with Gasteiger partial charge in [0, 0.05) is 11.2 Å². The summed E-state index contributed by atoms with van der Waals surface area (Å²) in [5.74, 6) is -0.349. The molecule has 3 aromatic rings. The van der Waals surface area contributed by atoms with Crippen LogP contribution in [0, 0.1) is 17.0 Å². The third-order valence-electron chi connectivity index (χ3n) is 4.10. The smallest absolute Gasteiger partial charge is 0.309 e. The van der Waals surface area contributed by atoms with E-state index in [0.29, 0.717) is 22.9 Å². The zero-order valence-corrected chi connectivity index (χ0v) is 15.4. The summed E-state index contributed by atoms with van der Waals surface area (Å²) in [7, 11) is 0. The molecule has 0 fully saturated rings. The molecule has 9 nitrogen and oxygen atoms in total. The second kappa shape index (κ2) is 7.58. The van der Waals surface area contributed by atoms with Crippen molar-refractivity contribution in [1.29, 1.82) is 0 Å². The maximum absolute atomic E-state index is 12.5. The van der Waals surface area contributed by atoms with Gasteiger partial charge in [-0.3, -0.25) is 24.3 Å². The van der Waals surface area contributed by atoms with Crippen LogP contribution >= 0.6 is 11.6 Å². The number of hydrogen-bond donors (Lipinski definition) is 1. The Morgan fingerprint density at radius 2 is 2.15 bits per heavy atom. The van der Waals surface area contributed by atoms with Gasteiger partial charge in [-0.15, -0.1) is 0 Å². The number of nitrogens with one attached hydrogen (secondary N) is 1. The van der Waals surface area contributed by atoms with Crippen LogP contribution in [-0.2, 0) is 11.3 Å². The first kappa shape index (κ1) is 18.6. The van der Waals surface area contributed by atoms with Gasteiger partial charge in [0.25, 0.3) is 0 Å². The van der Waals surface area contributed by atoms with E-state index < -0.39 is 11.0 Å². The van der Waals surface area contributed by atoms with Gasteiger partial charge < -0.3 is 5.32 Å². The summed E-state index contributed by atoms with van der Waals surface area (Å²) in [4.78, 5) is 22.9. The first-order valence-electron chi connectivity index (χ1n) is 8.11. The second-order valence-electron chi connectivity index (χ2n) is 6.04. The molecule has 1 N–H and O–H groups in total. The zero-order valence-electron chi connectivity index (χ0n) is 14.7. The number of benzene rings is 1. The third kappa shape index (κ3) is 4.14. The van der Waals surface area contributed by atoms with Gasteiger partial charge in [0.05, 0.1) is 23.4 Å². The average Bonchev–Trinajstić information content (AvgIpc) is 3.20. The summed E-state index contributed by atoms with van der Waals surface area (Å²) in [5, 5.41) is 22.5. The number of hydrogen-bond acceptors (Lipinski definition) is 5. The van der Waals surface area contributed by atoms with Crippen LogP contribution in [0.4, 0.5) is 11.4 Å². The van der Waals surface area contributed by atoms with Crippen molar-refractivity contribution in [3.63, 3.8) is 0 Å². The Morgan fingerprint density at radius 3 is 2.81 bits per heavy atom. The third-order valence-corrected chi connectivity index (χ3v) is 4.33. The first-order valence-corrected chi connectivity index (χ1v) is 8.49. The van der Waals surface area contributed by atoms with Crippen LogP contribution in [-0.4, -0.2) is 30.4 Å². The molecule has 0 aliphatic carbocycles. The minimum atomic E-state index is -0.713. The fourth-order valence-corrected chi connectivity index (χ4v) is 2.89. The molecule has 0 saturated carbocycles. The summed E-state index contributed by atoms with van der Waals surface area (Å²) in [6.07, 6.45) is 4.37. The number of carbonyl (C=O) groups is 1. The molecule has 0 radical (unpaired) electrons. The Morgan fingerprint density at radius 1 is 1.37 bits per heavy atom. The fraction of sp³-hybridized carbons (Fsp3) is 0.235. The molecular weight excluding hydrogens is 372 g/mol. The monoisotopic (exact) mass is 388 g/mol. The van der Waals surface area contributed by atoms with E-state index in [-0.39, 0.29) is 11.6 Å². The molecule has 10 heteroatoms. The van der Waals surface area contributed by atoms with E-state index in [9.17, 15) is 14.9 Å². The van der Waals surface area contributed by atoms with Gasteiger partial charge in [-0.2, -0.15) is 10.2 Å². The SMILES string of the molecule is Cc1c([N+](=O)[O-])cnn1C(C)C(=O)Nc1cnn(Cc2cccc(Cl)c2)c1. The van der Waals surface area contributed by atoms with Crippen molar-refractivity contribution in [3.8, 4) is 0 Å². The summed E-state index contributed by atoms with van der Waals surface area (Å²) >= 11 is 5.98. The molecule has 0 aliphatic rings. The average molecular weight is 389 g/mol. The maximum atomic E-state index is 12.5. The van der Waals surface area contributed by atoms with Crippen LogP contribution < -0.4 is 5.32 Å². The highest BCUT2D eigenvalue weighted by Crippen LogP contribution is 2.21. The molecule has 1 unspecified atom stereocenters. The molecule has 0 bridgehead atoms. The highest BCUT2D eigenvalue weighted by atomic mass is 35.5. The zero-order chi connectivity index (χ0) is 19.6. The van der Waals surface area contributed by atoms with Crippen molar-refractivity contribution in [2.45, 2.75) is 26.4 Å². The van der Waals surface area contributed by atoms with Crippen molar-refractivity contribution < 1.29 is 9.72 Å². The van der Waals surface area contributed by atoms with Crippen LogP contribution in [0.5, 0.6) is 0 Å². The molecule has 1 aromatic carbocycles. The Bertz CT molecular complexity index is 996. The first-order chi connectivity index (χ1) is 12.8. The highest BCUT2D eigenvalue weighted by molar-refractivity contribution is 6.30. The van der Waals surface area contributed by atoms with E-state index >= 15 is 0 Å². The van der Waals surface area contributed by atoms with E-state index in [4.69, 9.17) is 11.6 Å². The predicted molar refractivity (Wildman–Crippen MR) is 99.7 cm³/mol. The number of nitro groups is 1. The molecule has 1 atom stereocenters. The minimum Gasteiger partial charge on any atom is -0.322 e. The topological polar surface area (TPSA) is 108 Å². The Balaban J connectivity index is 1.68. The minimum absolute atomic E-state index is 0.121. The summed E-state index contributed by atoms with van der Waals surface area (Å²) in [5.41, 5.74) is 1.70. The van der Waals surface area contributed by atoms with E-state index in [0.717, 1.165) is 11.8 Å². The standard InChI is InChI=1S/C17H17ClN6O3/c1-11-16(24(26)27)8-20-23(11)12(2)17(25)21-15-7-19-22(10-15)9-13-4-3-5-14(18)6-13/h3-8,10,12H,9H2,1-2H3,(H,21,25). The number of halogens is 1. The predicted octanol–water partition coefficient (Wildman–Crippen LogP) is 3.20. The number of rotatable bonds is 6. The lowest BCUT2D eigenvalue weighted by atomic mass is 10.2. The molecule has 27 heavy (non-hydrogen) atoms. The lowest BCUT2D eigenvalue weighted by Gasteiger charge is -2.13. The van der Waals surface area contributed by atoms with Gasteiger partial charge in [0.15, 0.2) is 0 Å². The summed E-state index contributed by atoms with van der Waals surface area (Å²) in [6, 6.07) is 6.72. The number of carbonyl (C=O) groups excluding carboxylic acids is 1. The summed E-state index contributed by atoms with van der Waals surface area (Å²) < 4.78 is 3.00. The van der Waals surface area contributed by atoms with Crippen LogP contribution in [0.3, 0.4) is 0 Å². The van der Waals surface area contributed by atoms with Gasteiger partial charge >= 0.3 is 5.69 Å². The van der Waals surface area contributed by atoms with Crippen LogP contribution in [0.15, 0.2) is 42.9 Å². The molecule has 3 rings (SSSR count). The van der Waals surface area contributed by atoms with Crippen LogP contribution in [0.2, 0.25) is 5.02 Å². The van der Waals surface area contributed by atoms with E-state index in [1.807, 2.05) is 18.2 Å². The van der Waals surface area contributed by atoms with Crippen molar-refractivity contribution in [2.75, 3.05) is 5.32 Å². The van der Waals surface area contributed by atoms with Crippen molar-refractivity contribution >= 4 is 28.9 Å². The molecule has 140 valence electrons. The van der Waals surface area contributed by atoms with Crippen molar-refractivity contribution in [2.24, 2.45) is 0 Å². The largest absolute Gasteiger partial charge is 0.322 e. The second-order valence-corrected chi connectivity index (χ2v) is 6.48. The molecule has 2 aromatic heterocycles. The lowest BCUT2D eigenvalue weighted by molar-refractivity contribution is -0.385. The van der Waals surface area contributed by atoms with Gasteiger partial charge in [-0.05, 0) is 31.5 Å². The van der Waals surface area contributed by atoms with E-state index in [1.54, 1.807) is 30.8 Å². The molecular formula is C17H17ClN6O3.